The van der Waals surface area contributed by atoms with Gasteiger partial charge in [-0.3, -0.25) is 15.0 Å². The van der Waals surface area contributed by atoms with Crippen LogP contribution in [-0.2, 0) is 0 Å². The summed E-state index contributed by atoms with van der Waals surface area (Å²) in [4.78, 5) is 18.5. The van der Waals surface area contributed by atoms with Crippen molar-refractivity contribution in [1.82, 2.24) is 30.0 Å². The van der Waals surface area contributed by atoms with Crippen LogP contribution >= 0.6 is 11.6 Å². The normalized spacial score (nSPS) is 17.4. The van der Waals surface area contributed by atoms with Gasteiger partial charge >= 0.3 is 6.01 Å². The number of aliphatic hydroxyl groups excluding tert-OH is 1. The van der Waals surface area contributed by atoms with E-state index in [2.05, 4.69) is 25.1 Å². The minimum atomic E-state index is -0.554. The van der Waals surface area contributed by atoms with Gasteiger partial charge in [-0.1, -0.05) is 18.5 Å². The Morgan fingerprint density at radius 3 is 2.76 bits per heavy atom. The van der Waals surface area contributed by atoms with Crippen molar-refractivity contribution in [1.29, 1.82) is 0 Å². The fourth-order valence-corrected chi connectivity index (χ4v) is 6.69. The van der Waals surface area contributed by atoms with Crippen molar-refractivity contribution in [3.63, 3.8) is 0 Å². The summed E-state index contributed by atoms with van der Waals surface area (Å²) in [7, 11) is 1.94. The quantitative estimate of drug-likeness (QED) is 0.216. The highest BCUT2D eigenvalue weighted by Gasteiger charge is 2.45. The number of halogens is 2. The predicted octanol–water partition coefficient (Wildman–Crippen LogP) is 5.75. The van der Waals surface area contributed by atoms with Crippen LogP contribution in [0, 0.1) is 5.82 Å². The molecule has 9 nitrogen and oxygen atoms in total. The number of anilines is 1. The molecule has 0 bridgehead atoms. The largest absolute Gasteiger partial charge is 0.461 e. The van der Waals surface area contributed by atoms with Crippen LogP contribution in [0.1, 0.15) is 58.3 Å². The van der Waals surface area contributed by atoms with Gasteiger partial charge in [0.1, 0.15) is 23.6 Å². The van der Waals surface area contributed by atoms with Crippen LogP contribution < -0.4 is 9.64 Å². The number of unbranched alkanes of at least 4 members (excludes halogenated alkanes) is 1. The third-order valence-corrected chi connectivity index (χ3v) is 9.04. The van der Waals surface area contributed by atoms with E-state index in [1.165, 1.54) is 0 Å². The summed E-state index contributed by atoms with van der Waals surface area (Å²) < 4.78 is 22.7. The highest BCUT2D eigenvalue weighted by Crippen LogP contribution is 2.40. The molecule has 41 heavy (non-hydrogen) atoms. The lowest BCUT2D eigenvalue weighted by Crippen LogP contribution is -2.43. The molecule has 218 valence electrons. The first-order chi connectivity index (χ1) is 19.9. The lowest BCUT2D eigenvalue weighted by molar-refractivity contribution is 0.108. The van der Waals surface area contributed by atoms with Gasteiger partial charge in [0.05, 0.1) is 28.7 Å². The molecule has 1 unspecified atom stereocenters. The zero-order valence-electron chi connectivity index (χ0n) is 23.7. The summed E-state index contributed by atoms with van der Waals surface area (Å²) >= 11 is 6.36. The predicted molar refractivity (Wildman–Crippen MR) is 159 cm³/mol. The SMILES string of the molecule is CCC(O)CCCCN(C)c1nc(OCC23CCCN2CCC3)nc2c(F)c(-c3cc(Cl)cc4[nH]ncc34)ncc12. The third kappa shape index (κ3) is 5.45. The highest BCUT2D eigenvalue weighted by molar-refractivity contribution is 6.31. The Hall–Kier alpha value is -3.08. The average Bonchev–Trinajstić information content (AvgIpc) is 3.70. The van der Waals surface area contributed by atoms with E-state index < -0.39 is 5.82 Å². The summed E-state index contributed by atoms with van der Waals surface area (Å²) in [5.41, 5.74) is 1.56. The van der Waals surface area contributed by atoms with Gasteiger partial charge in [-0.15, -0.1) is 0 Å². The van der Waals surface area contributed by atoms with Gasteiger partial charge in [-0.05, 0) is 76.6 Å². The number of aromatic nitrogens is 5. The molecule has 0 aliphatic carbocycles. The summed E-state index contributed by atoms with van der Waals surface area (Å²) in [5, 5.41) is 18.6. The number of nitrogens with one attached hydrogen (secondary N) is 1. The average molecular weight is 582 g/mol. The van der Waals surface area contributed by atoms with E-state index in [-0.39, 0.29) is 28.9 Å². The van der Waals surface area contributed by atoms with Gasteiger partial charge in [-0.2, -0.15) is 15.1 Å². The molecule has 4 aromatic rings. The Morgan fingerprint density at radius 1 is 1.17 bits per heavy atom. The Kier molecular flexibility index (Phi) is 7.98. The summed E-state index contributed by atoms with van der Waals surface area (Å²) in [6, 6.07) is 3.62. The first-order valence-electron chi connectivity index (χ1n) is 14.6. The minimum Gasteiger partial charge on any atom is -0.461 e. The topological polar surface area (TPSA) is 103 Å². The second kappa shape index (κ2) is 11.7. The van der Waals surface area contributed by atoms with Crippen molar-refractivity contribution < 1.29 is 14.2 Å². The Morgan fingerprint density at radius 2 is 1.98 bits per heavy atom. The lowest BCUT2D eigenvalue weighted by atomic mass is 9.95. The van der Waals surface area contributed by atoms with Crippen molar-refractivity contribution in [2.45, 2.75) is 69.9 Å². The van der Waals surface area contributed by atoms with Gasteiger partial charge < -0.3 is 14.7 Å². The van der Waals surface area contributed by atoms with Crippen LogP contribution in [0.4, 0.5) is 10.2 Å². The van der Waals surface area contributed by atoms with Gasteiger partial charge in [0.25, 0.3) is 0 Å². The molecule has 2 saturated heterocycles. The number of fused-ring (bicyclic) bond motifs is 3. The van der Waals surface area contributed by atoms with Crippen LogP contribution in [0.2, 0.25) is 5.02 Å². The number of rotatable bonds is 11. The van der Waals surface area contributed by atoms with Crippen molar-refractivity contribution in [3.8, 4) is 17.3 Å². The fourth-order valence-electron chi connectivity index (χ4n) is 6.48. The number of benzene rings is 1. The molecule has 2 aliphatic heterocycles. The number of aromatic amines is 1. The molecule has 0 spiro atoms. The number of pyridine rings is 1. The molecule has 2 N–H and O–H groups in total. The third-order valence-electron chi connectivity index (χ3n) is 8.82. The maximum atomic E-state index is 16.4. The molecule has 2 aliphatic rings. The van der Waals surface area contributed by atoms with E-state index in [9.17, 15) is 5.11 Å². The minimum absolute atomic E-state index is 0.0140. The summed E-state index contributed by atoms with van der Waals surface area (Å²) in [5.74, 6) is 0.0208. The summed E-state index contributed by atoms with van der Waals surface area (Å²) in [6.07, 6.45) is 10.7. The molecule has 1 aromatic carbocycles. The van der Waals surface area contributed by atoms with Gasteiger partial charge in [-0.25, -0.2) is 4.39 Å². The van der Waals surface area contributed by atoms with Crippen molar-refractivity contribution >= 4 is 39.2 Å². The fraction of sp³-hybridized carbons (Fsp3) is 0.533. The molecule has 0 saturated carbocycles. The molecule has 3 aromatic heterocycles. The van der Waals surface area contributed by atoms with Crippen LogP contribution in [0.3, 0.4) is 0 Å². The zero-order valence-corrected chi connectivity index (χ0v) is 24.4. The van der Waals surface area contributed by atoms with E-state index in [0.29, 0.717) is 40.5 Å². The molecule has 0 radical (unpaired) electrons. The van der Waals surface area contributed by atoms with E-state index in [1.807, 2.05) is 18.9 Å². The molecule has 6 rings (SSSR count). The van der Waals surface area contributed by atoms with Gasteiger partial charge in [0.2, 0.25) is 0 Å². The zero-order chi connectivity index (χ0) is 28.6. The van der Waals surface area contributed by atoms with Crippen molar-refractivity contribution in [3.05, 3.63) is 35.4 Å². The Balaban J connectivity index is 1.37. The molecular weight excluding hydrogens is 545 g/mol. The highest BCUT2D eigenvalue weighted by atomic mass is 35.5. The molecule has 2 fully saturated rings. The number of aliphatic hydroxyl groups is 1. The number of H-pyrrole nitrogens is 1. The molecule has 1 atom stereocenters. The van der Waals surface area contributed by atoms with Gasteiger partial charge in [0, 0.05) is 35.8 Å². The first-order valence-corrected chi connectivity index (χ1v) is 15.0. The second-order valence-corrected chi connectivity index (χ2v) is 11.9. The maximum Gasteiger partial charge on any atom is 0.319 e. The van der Waals surface area contributed by atoms with Crippen LogP contribution in [0.15, 0.2) is 24.5 Å². The van der Waals surface area contributed by atoms with E-state index in [4.69, 9.17) is 21.3 Å². The van der Waals surface area contributed by atoms with E-state index >= 15 is 4.39 Å². The van der Waals surface area contributed by atoms with Crippen LogP contribution in [0.25, 0.3) is 33.1 Å². The number of hydrogen-bond acceptors (Lipinski definition) is 8. The van der Waals surface area contributed by atoms with Crippen molar-refractivity contribution in [2.75, 3.05) is 38.2 Å². The maximum absolute atomic E-state index is 16.4. The lowest BCUT2D eigenvalue weighted by Gasteiger charge is -2.31. The number of hydrogen-bond donors (Lipinski definition) is 2. The number of ether oxygens (including phenoxy) is 1. The van der Waals surface area contributed by atoms with Gasteiger partial charge in [0.15, 0.2) is 5.82 Å². The molecular formula is C30H37ClFN7O2. The van der Waals surface area contributed by atoms with E-state index in [0.717, 1.165) is 69.8 Å². The molecule has 5 heterocycles. The second-order valence-electron chi connectivity index (χ2n) is 11.5. The first kappa shape index (κ1) is 28.1. The van der Waals surface area contributed by atoms with Crippen molar-refractivity contribution in [2.24, 2.45) is 0 Å². The van der Waals surface area contributed by atoms with E-state index in [1.54, 1.807) is 24.5 Å². The molecule has 0 amide bonds. The molecule has 11 heteroatoms. The Bertz CT molecular complexity index is 1540. The summed E-state index contributed by atoms with van der Waals surface area (Å²) in [6.45, 7) is 5.34. The Labute approximate surface area is 244 Å². The standard InChI is InChI=1S/C30H37ClFN7O2/c1-3-20(40)8-4-5-11-38(2)28-23-16-33-26(21-14-19(31)15-24-22(21)17-34-37-24)25(32)27(23)35-29(36-28)41-18-30-9-6-12-39(30)13-7-10-30/h14-17,20,40H,3-13,18H2,1-2H3,(H,34,37). The van der Waals surface area contributed by atoms with Crippen LogP contribution in [-0.4, -0.2) is 80.1 Å². The smallest absolute Gasteiger partial charge is 0.319 e. The monoisotopic (exact) mass is 581 g/mol. The van der Waals surface area contributed by atoms with Crippen LogP contribution in [0.5, 0.6) is 6.01 Å². The number of nitrogens with zero attached hydrogens (tertiary/aromatic N) is 6.